The van der Waals surface area contributed by atoms with Crippen molar-refractivity contribution in [2.75, 3.05) is 5.32 Å². The molecule has 0 bridgehead atoms. The van der Waals surface area contributed by atoms with Crippen molar-refractivity contribution in [2.45, 2.75) is 33.3 Å². The van der Waals surface area contributed by atoms with Crippen molar-refractivity contribution in [3.05, 3.63) is 35.8 Å². The second-order valence-electron chi connectivity index (χ2n) is 5.58. The number of rotatable bonds is 3. The predicted molar refractivity (Wildman–Crippen MR) is 83.2 cm³/mol. The number of benzene rings is 1. The number of anilines is 1. The van der Waals surface area contributed by atoms with Crippen LogP contribution in [0.2, 0.25) is 0 Å². The van der Waals surface area contributed by atoms with E-state index in [1.165, 1.54) is 12.1 Å². The van der Waals surface area contributed by atoms with E-state index < -0.39 is 17.5 Å². The van der Waals surface area contributed by atoms with E-state index in [0.29, 0.717) is 21.6 Å². The third kappa shape index (κ3) is 4.70. The van der Waals surface area contributed by atoms with Crippen molar-refractivity contribution in [3.63, 3.8) is 0 Å². The molecule has 0 atom stereocenters. The smallest absolute Gasteiger partial charge is 0.412 e. The van der Waals surface area contributed by atoms with Gasteiger partial charge in [-0.2, -0.15) is 0 Å². The summed E-state index contributed by atoms with van der Waals surface area (Å²) in [6, 6.07) is 5.76. The summed E-state index contributed by atoms with van der Waals surface area (Å²) in [4.78, 5) is 15.9. The molecule has 1 heterocycles. The maximum atomic E-state index is 13.1. The summed E-state index contributed by atoms with van der Waals surface area (Å²) in [5.74, 6) is -0.0459. The number of carbonyl (C=O) groups excluding carboxylic acids is 1. The molecule has 118 valence electrons. The molecule has 5 nitrogen and oxygen atoms in total. The van der Waals surface area contributed by atoms with Gasteiger partial charge in [-0.05, 0) is 39.8 Å². The summed E-state index contributed by atoms with van der Waals surface area (Å²) in [5.41, 5.74) is 0.0195. The van der Waals surface area contributed by atoms with Crippen LogP contribution in [0.3, 0.4) is 0 Å². The first-order valence-corrected chi connectivity index (χ1v) is 7.45. The van der Waals surface area contributed by atoms with E-state index >= 15 is 0 Å². The van der Waals surface area contributed by atoms with Gasteiger partial charge in [-0.3, -0.25) is 5.32 Å². The number of aromatic nitrogens is 1. The Bertz CT molecular complexity index is 680. The number of nitrogens with one attached hydrogen (secondary N) is 1. The number of ether oxygens (including phenoxy) is 2. The number of aryl methyl sites for hydroxylation is 1. The van der Waals surface area contributed by atoms with Gasteiger partial charge in [0.1, 0.15) is 22.2 Å². The van der Waals surface area contributed by atoms with Crippen LogP contribution < -0.4 is 10.1 Å². The number of hydrogen-bond acceptors (Lipinski definition) is 5. The van der Waals surface area contributed by atoms with Crippen LogP contribution in [0.4, 0.5) is 14.2 Å². The van der Waals surface area contributed by atoms with Crippen molar-refractivity contribution < 1.29 is 18.7 Å². The lowest BCUT2D eigenvalue weighted by atomic mass is 10.2. The second kappa shape index (κ2) is 6.31. The van der Waals surface area contributed by atoms with Gasteiger partial charge in [-0.15, -0.1) is 0 Å². The molecule has 0 fully saturated rings. The quantitative estimate of drug-likeness (QED) is 0.886. The molecule has 0 aliphatic carbocycles. The van der Waals surface area contributed by atoms with E-state index in [1.807, 2.05) is 0 Å². The third-order valence-corrected chi connectivity index (χ3v) is 3.34. The van der Waals surface area contributed by atoms with Crippen molar-refractivity contribution in [1.29, 1.82) is 0 Å². The molecule has 0 unspecified atom stereocenters. The van der Waals surface area contributed by atoms with Crippen LogP contribution in [0.1, 0.15) is 26.5 Å². The lowest BCUT2D eigenvalue weighted by molar-refractivity contribution is 0.0636. The molecule has 1 N–H and O–H groups in total. The van der Waals surface area contributed by atoms with Crippen LogP contribution >= 0.6 is 11.3 Å². The molecule has 1 aromatic heterocycles. The van der Waals surface area contributed by atoms with Gasteiger partial charge in [0.15, 0.2) is 0 Å². The molecule has 0 spiro atoms. The molecular formula is C15H17FN2O3S. The number of halogens is 1. The van der Waals surface area contributed by atoms with Crippen molar-refractivity contribution in [3.8, 4) is 10.9 Å². The van der Waals surface area contributed by atoms with Crippen LogP contribution in [0, 0.1) is 12.7 Å². The zero-order chi connectivity index (χ0) is 16.3. The highest BCUT2D eigenvalue weighted by molar-refractivity contribution is 7.17. The van der Waals surface area contributed by atoms with E-state index in [0.717, 1.165) is 11.3 Å². The average Bonchev–Trinajstić information content (AvgIpc) is 2.67. The van der Waals surface area contributed by atoms with Crippen LogP contribution in [0.25, 0.3) is 0 Å². The minimum Gasteiger partial charge on any atom is -0.444 e. The fraction of sp³-hybridized carbons (Fsp3) is 0.333. The van der Waals surface area contributed by atoms with E-state index in [9.17, 15) is 9.18 Å². The van der Waals surface area contributed by atoms with Crippen molar-refractivity contribution >= 4 is 22.4 Å². The zero-order valence-electron chi connectivity index (χ0n) is 12.8. The first kappa shape index (κ1) is 16.2. The molecule has 0 aliphatic rings. The second-order valence-corrected chi connectivity index (χ2v) is 6.54. The normalized spacial score (nSPS) is 11.1. The Kier molecular flexibility index (Phi) is 4.65. The standard InChI is InChI=1S/C15H17FN2O3S/c1-9-12(18-13(19)21-15(2,3)4)22-14(17-9)20-11-7-5-6-10(16)8-11/h5-8H,1-4H3,(H,18,19). The molecule has 0 radical (unpaired) electrons. The zero-order valence-corrected chi connectivity index (χ0v) is 13.6. The highest BCUT2D eigenvalue weighted by Crippen LogP contribution is 2.33. The minimum atomic E-state index is -0.580. The lowest BCUT2D eigenvalue weighted by Gasteiger charge is -2.19. The topological polar surface area (TPSA) is 60.5 Å². The third-order valence-electron chi connectivity index (χ3n) is 2.39. The van der Waals surface area contributed by atoms with Crippen molar-refractivity contribution in [1.82, 2.24) is 4.98 Å². The highest BCUT2D eigenvalue weighted by Gasteiger charge is 2.18. The van der Waals surface area contributed by atoms with E-state index in [-0.39, 0.29) is 0 Å². The van der Waals surface area contributed by atoms with Gasteiger partial charge >= 0.3 is 6.09 Å². The first-order chi connectivity index (χ1) is 10.2. The largest absolute Gasteiger partial charge is 0.444 e. The summed E-state index contributed by atoms with van der Waals surface area (Å²) >= 11 is 1.15. The van der Waals surface area contributed by atoms with Gasteiger partial charge in [0.2, 0.25) is 0 Å². The van der Waals surface area contributed by atoms with E-state index in [2.05, 4.69) is 10.3 Å². The monoisotopic (exact) mass is 324 g/mol. The highest BCUT2D eigenvalue weighted by atomic mass is 32.1. The molecular weight excluding hydrogens is 307 g/mol. The fourth-order valence-electron chi connectivity index (χ4n) is 1.56. The molecule has 1 amide bonds. The number of thiazole rings is 1. The molecule has 2 rings (SSSR count). The van der Waals surface area contributed by atoms with Crippen LogP contribution in [-0.4, -0.2) is 16.7 Å². The number of hydrogen-bond donors (Lipinski definition) is 1. The summed E-state index contributed by atoms with van der Waals surface area (Å²) in [7, 11) is 0. The lowest BCUT2D eigenvalue weighted by Crippen LogP contribution is -2.27. The van der Waals surface area contributed by atoms with Crippen LogP contribution in [-0.2, 0) is 4.74 Å². The molecule has 1 aromatic carbocycles. The summed E-state index contributed by atoms with van der Waals surface area (Å²) in [6.45, 7) is 7.08. The Labute approximate surface area is 132 Å². The first-order valence-electron chi connectivity index (χ1n) is 6.64. The summed E-state index contributed by atoms with van der Waals surface area (Å²) in [6.07, 6.45) is -0.559. The molecule has 0 saturated carbocycles. The maximum Gasteiger partial charge on any atom is 0.412 e. The molecule has 2 aromatic rings. The molecule has 0 aliphatic heterocycles. The average molecular weight is 324 g/mol. The maximum absolute atomic E-state index is 13.1. The van der Waals surface area contributed by atoms with Gasteiger partial charge in [-0.25, -0.2) is 14.2 Å². The van der Waals surface area contributed by atoms with E-state index in [4.69, 9.17) is 9.47 Å². The predicted octanol–water partition coefficient (Wildman–Crippen LogP) is 4.73. The Balaban J connectivity index is 2.06. The van der Waals surface area contributed by atoms with E-state index in [1.54, 1.807) is 39.8 Å². The molecule has 0 saturated heterocycles. The fourth-order valence-corrected chi connectivity index (χ4v) is 2.38. The number of amides is 1. The minimum absolute atomic E-state index is 0.314. The van der Waals surface area contributed by atoms with Crippen LogP contribution in [0.15, 0.2) is 24.3 Å². The van der Waals surface area contributed by atoms with Gasteiger partial charge in [-0.1, -0.05) is 17.4 Å². The Hall–Kier alpha value is -2.15. The van der Waals surface area contributed by atoms with Crippen LogP contribution in [0.5, 0.6) is 10.9 Å². The Morgan fingerprint density at radius 1 is 1.36 bits per heavy atom. The van der Waals surface area contributed by atoms with Gasteiger partial charge < -0.3 is 9.47 Å². The summed E-state index contributed by atoms with van der Waals surface area (Å²) < 4.78 is 23.8. The molecule has 7 heteroatoms. The number of carbonyl (C=O) groups is 1. The van der Waals surface area contributed by atoms with Gasteiger partial charge in [0, 0.05) is 6.07 Å². The molecule has 22 heavy (non-hydrogen) atoms. The van der Waals surface area contributed by atoms with Gasteiger partial charge in [0.05, 0.1) is 5.69 Å². The summed E-state index contributed by atoms with van der Waals surface area (Å²) in [5, 5.41) is 3.47. The Morgan fingerprint density at radius 3 is 2.73 bits per heavy atom. The Morgan fingerprint density at radius 2 is 2.09 bits per heavy atom. The van der Waals surface area contributed by atoms with Gasteiger partial charge in [0.25, 0.3) is 5.19 Å². The number of nitrogens with zero attached hydrogens (tertiary/aromatic N) is 1. The van der Waals surface area contributed by atoms with Crippen molar-refractivity contribution in [2.24, 2.45) is 0 Å². The SMILES string of the molecule is Cc1nc(Oc2cccc(F)c2)sc1NC(=O)OC(C)(C)C.